The average Bonchev–Trinajstić information content (AvgIpc) is 2.69. The molecular weight excluding hydrogens is 234 g/mol. The van der Waals surface area contributed by atoms with Gasteiger partial charge in [-0.25, -0.2) is 0 Å². The fourth-order valence-electron chi connectivity index (χ4n) is 2.67. The molecule has 0 saturated heterocycles. The van der Waals surface area contributed by atoms with E-state index < -0.39 is 0 Å². The van der Waals surface area contributed by atoms with E-state index in [0.717, 1.165) is 5.69 Å². The zero-order valence-corrected chi connectivity index (χ0v) is 12.4. The zero-order valence-electron chi connectivity index (χ0n) is 12.4. The Kier molecular flexibility index (Phi) is 4.05. The second kappa shape index (κ2) is 5.57. The Morgan fingerprint density at radius 2 is 1.68 bits per heavy atom. The van der Waals surface area contributed by atoms with Crippen LogP contribution in [0.15, 0.2) is 30.5 Å². The number of nitrogens with one attached hydrogen (secondary N) is 1. The Bertz CT molecular complexity index is 557. The summed E-state index contributed by atoms with van der Waals surface area (Å²) in [5.74, 6) is 0. The van der Waals surface area contributed by atoms with Crippen molar-refractivity contribution in [2.24, 2.45) is 7.05 Å². The molecule has 2 aromatic rings. The highest BCUT2D eigenvalue weighted by Gasteiger charge is 2.15. The molecular formula is C16H23N3. The van der Waals surface area contributed by atoms with Crippen LogP contribution < -0.4 is 5.32 Å². The summed E-state index contributed by atoms with van der Waals surface area (Å²) in [7, 11) is 1.97. The summed E-state index contributed by atoms with van der Waals surface area (Å²) < 4.78 is 1.88. The lowest BCUT2D eigenvalue weighted by molar-refractivity contribution is 0.491. The van der Waals surface area contributed by atoms with E-state index in [1.54, 1.807) is 0 Å². The van der Waals surface area contributed by atoms with Crippen LogP contribution in [0.2, 0.25) is 0 Å². The number of hydrogen-bond donors (Lipinski definition) is 1. The Balaban J connectivity index is 2.13. The van der Waals surface area contributed by atoms with Gasteiger partial charge in [-0.05, 0) is 38.8 Å². The molecule has 0 saturated carbocycles. The summed E-state index contributed by atoms with van der Waals surface area (Å²) in [6.07, 6.45) is 2.09. The fourth-order valence-corrected chi connectivity index (χ4v) is 2.67. The van der Waals surface area contributed by atoms with Crippen molar-refractivity contribution in [3.63, 3.8) is 0 Å². The van der Waals surface area contributed by atoms with Crippen LogP contribution in [0.5, 0.6) is 0 Å². The second-order valence-electron chi connectivity index (χ2n) is 5.31. The van der Waals surface area contributed by atoms with Crippen LogP contribution in [0.1, 0.15) is 48.3 Å². The van der Waals surface area contributed by atoms with Crippen molar-refractivity contribution >= 4 is 0 Å². The molecule has 0 aliphatic heterocycles. The van der Waals surface area contributed by atoms with Gasteiger partial charge in [-0.3, -0.25) is 4.68 Å². The number of rotatable bonds is 4. The maximum atomic E-state index is 4.41. The summed E-state index contributed by atoms with van der Waals surface area (Å²) in [6.45, 7) is 8.63. The Morgan fingerprint density at radius 1 is 1.05 bits per heavy atom. The summed E-state index contributed by atoms with van der Waals surface area (Å²) in [4.78, 5) is 0. The molecule has 0 radical (unpaired) electrons. The molecule has 0 fully saturated rings. The van der Waals surface area contributed by atoms with Gasteiger partial charge in [0, 0.05) is 30.9 Å². The molecule has 0 spiro atoms. The standard InChI is InChI=1S/C16H23N3/c1-11-8-6-7-9-15(11)12(2)17-13(3)16-10-19(5)18-14(16)4/h6-10,12-13,17H,1-5H3/t12-,13?/m0/s1. The van der Waals surface area contributed by atoms with Crippen molar-refractivity contribution in [1.29, 1.82) is 0 Å². The Hall–Kier alpha value is -1.61. The number of benzene rings is 1. The van der Waals surface area contributed by atoms with Crippen molar-refractivity contribution in [3.05, 3.63) is 52.8 Å². The van der Waals surface area contributed by atoms with Gasteiger partial charge in [0.15, 0.2) is 0 Å². The third kappa shape index (κ3) is 3.04. The minimum absolute atomic E-state index is 0.295. The van der Waals surface area contributed by atoms with Crippen LogP contribution in [-0.2, 0) is 7.05 Å². The van der Waals surface area contributed by atoms with Crippen LogP contribution in [0.25, 0.3) is 0 Å². The lowest BCUT2D eigenvalue weighted by atomic mass is 10.0. The van der Waals surface area contributed by atoms with Gasteiger partial charge in [-0.2, -0.15) is 5.10 Å². The van der Waals surface area contributed by atoms with Gasteiger partial charge in [0.25, 0.3) is 0 Å². The van der Waals surface area contributed by atoms with Crippen LogP contribution in [-0.4, -0.2) is 9.78 Å². The first kappa shape index (κ1) is 13.8. The monoisotopic (exact) mass is 257 g/mol. The summed E-state index contributed by atoms with van der Waals surface area (Å²) in [5, 5.41) is 8.06. The third-order valence-electron chi connectivity index (χ3n) is 3.67. The van der Waals surface area contributed by atoms with Gasteiger partial charge in [-0.15, -0.1) is 0 Å². The maximum Gasteiger partial charge on any atom is 0.0641 e. The zero-order chi connectivity index (χ0) is 14.0. The molecule has 19 heavy (non-hydrogen) atoms. The second-order valence-corrected chi connectivity index (χ2v) is 5.31. The van der Waals surface area contributed by atoms with Gasteiger partial charge in [0.1, 0.15) is 0 Å². The van der Waals surface area contributed by atoms with E-state index in [2.05, 4.69) is 68.6 Å². The molecule has 3 nitrogen and oxygen atoms in total. The lowest BCUT2D eigenvalue weighted by Crippen LogP contribution is -2.23. The van der Waals surface area contributed by atoms with Crippen LogP contribution in [0, 0.1) is 13.8 Å². The number of aromatic nitrogens is 2. The highest BCUT2D eigenvalue weighted by atomic mass is 15.3. The van der Waals surface area contributed by atoms with E-state index in [4.69, 9.17) is 0 Å². The molecule has 102 valence electrons. The quantitative estimate of drug-likeness (QED) is 0.909. The van der Waals surface area contributed by atoms with Crippen molar-refractivity contribution < 1.29 is 0 Å². The smallest absolute Gasteiger partial charge is 0.0641 e. The highest BCUT2D eigenvalue weighted by molar-refractivity contribution is 5.29. The Labute approximate surface area is 115 Å². The number of aryl methyl sites for hydroxylation is 3. The minimum atomic E-state index is 0.295. The lowest BCUT2D eigenvalue weighted by Gasteiger charge is -2.21. The molecule has 3 heteroatoms. The summed E-state index contributed by atoms with van der Waals surface area (Å²) in [6, 6.07) is 9.16. The van der Waals surface area contributed by atoms with Crippen molar-refractivity contribution in [3.8, 4) is 0 Å². The van der Waals surface area contributed by atoms with Crippen molar-refractivity contribution in [2.45, 2.75) is 39.8 Å². The van der Waals surface area contributed by atoms with Crippen LogP contribution >= 0.6 is 0 Å². The van der Waals surface area contributed by atoms with Gasteiger partial charge in [-0.1, -0.05) is 24.3 Å². The first-order chi connectivity index (χ1) is 8.99. The van der Waals surface area contributed by atoms with E-state index in [9.17, 15) is 0 Å². The molecule has 1 N–H and O–H groups in total. The highest BCUT2D eigenvalue weighted by Crippen LogP contribution is 2.22. The largest absolute Gasteiger partial charge is 0.304 e. The molecule has 1 aromatic carbocycles. The molecule has 0 aliphatic carbocycles. The SMILES string of the molecule is Cc1ccccc1[C@H](C)NC(C)c1cn(C)nc1C. The normalized spacial score (nSPS) is 14.4. The first-order valence-corrected chi connectivity index (χ1v) is 6.80. The molecule has 2 atom stereocenters. The van der Waals surface area contributed by atoms with E-state index in [0.29, 0.717) is 12.1 Å². The molecule has 1 unspecified atom stereocenters. The van der Waals surface area contributed by atoms with E-state index >= 15 is 0 Å². The van der Waals surface area contributed by atoms with Gasteiger partial charge in [0.2, 0.25) is 0 Å². The van der Waals surface area contributed by atoms with Crippen molar-refractivity contribution in [1.82, 2.24) is 15.1 Å². The Morgan fingerprint density at radius 3 is 2.26 bits per heavy atom. The molecule has 0 bridgehead atoms. The van der Waals surface area contributed by atoms with Crippen molar-refractivity contribution in [2.75, 3.05) is 0 Å². The molecule has 1 heterocycles. The molecule has 0 aliphatic rings. The van der Waals surface area contributed by atoms with Gasteiger partial charge >= 0.3 is 0 Å². The number of hydrogen-bond acceptors (Lipinski definition) is 2. The predicted octanol–water partition coefficient (Wildman–Crippen LogP) is 3.45. The summed E-state index contributed by atoms with van der Waals surface area (Å²) >= 11 is 0. The van der Waals surface area contributed by atoms with Gasteiger partial charge < -0.3 is 5.32 Å². The van der Waals surface area contributed by atoms with Crippen LogP contribution in [0.3, 0.4) is 0 Å². The van der Waals surface area contributed by atoms with E-state index in [-0.39, 0.29) is 0 Å². The topological polar surface area (TPSA) is 29.9 Å². The predicted molar refractivity (Wildman–Crippen MR) is 79.1 cm³/mol. The van der Waals surface area contributed by atoms with E-state index in [1.165, 1.54) is 16.7 Å². The average molecular weight is 257 g/mol. The van der Waals surface area contributed by atoms with Gasteiger partial charge in [0.05, 0.1) is 5.69 Å². The fraction of sp³-hybridized carbons (Fsp3) is 0.438. The third-order valence-corrected chi connectivity index (χ3v) is 3.67. The van der Waals surface area contributed by atoms with Crippen LogP contribution in [0.4, 0.5) is 0 Å². The molecule has 0 amide bonds. The summed E-state index contributed by atoms with van der Waals surface area (Å²) in [5.41, 5.74) is 5.05. The molecule has 1 aromatic heterocycles. The maximum absolute atomic E-state index is 4.41. The first-order valence-electron chi connectivity index (χ1n) is 6.80. The minimum Gasteiger partial charge on any atom is -0.304 e. The molecule has 2 rings (SSSR count). The number of nitrogens with zero attached hydrogens (tertiary/aromatic N) is 2. The van der Waals surface area contributed by atoms with E-state index in [1.807, 2.05) is 11.7 Å².